The molecule has 1 N–H and O–H groups in total. The number of halogens is 2. The van der Waals surface area contributed by atoms with Crippen molar-refractivity contribution in [1.82, 2.24) is 14.6 Å². The lowest BCUT2D eigenvalue weighted by Crippen LogP contribution is -2.14. The molecule has 2 aromatic heterocycles. The van der Waals surface area contributed by atoms with Crippen molar-refractivity contribution in [3.8, 4) is 28.5 Å². The Morgan fingerprint density at radius 3 is 2.52 bits per heavy atom. The molecule has 0 bridgehead atoms. The molecule has 0 unspecified atom stereocenters. The maximum absolute atomic E-state index is 14.6. The Morgan fingerprint density at radius 1 is 1.10 bits per heavy atom. The van der Waals surface area contributed by atoms with Gasteiger partial charge >= 0.3 is 0 Å². The van der Waals surface area contributed by atoms with Crippen LogP contribution < -0.4 is 5.56 Å². The maximum Gasteiger partial charge on any atom is 0.273 e. The fraction of sp³-hybridized carbons (Fsp3) is 0.136. The number of H-pyrrole nitrogens is 1. The molecule has 0 spiro atoms. The summed E-state index contributed by atoms with van der Waals surface area (Å²) < 4.78 is 29.4. The van der Waals surface area contributed by atoms with Crippen LogP contribution in [0, 0.1) is 23.0 Å². The molecule has 142 valence electrons. The normalized spacial score (nSPS) is 13.6. The Labute approximate surface area is 163 Å². The minimum Gasteiger partial charge on any atom is -0.293 e. The highest BCUT2D eigenvalue weighted by Gasteiger charge is 2.31. The molecule has 0 aliphatic heterocycles. The predicted octanol–water partition coefficient (Wildman–Crippen LogP) is 4.38. The number of rotatable bonds is 3. The molecule has 1 saturated carbocycles. The van der Waals surface area contributed by atoms with E-state index in [2.05, 4.69) is 10.1 Å². The third-order valence-electron chi connectivity index (χ3n) is 5.14. The molecular formula is C22H14F2N4O. The molecule has 0 amide bonds. The van der Waals surface area contributed by atoms with Crippen LogP contribution in [0.2, 0.25) is 0 Å². The summed E-state index contributed by atoms with van der Waals surface area (Å²) in [6.45, 7) is 0. The summed E-state index contributed by atoms with van der Waals surface area (Å²) in [5, 5.41) is 12.0. The van der Waals surface area contributed by atoms with Gasteiger partial charge in [-0.1, -0.05) is 12.1 Å². The van der Waals surface area contributed by atoms with E-state index in [4.69, 9.17) is 5.26 Å². The van der Waals surface area contributed by atoms with E-state index in [1.807, 2.05) is 6.07 Å². The number of aromatic amines is 1. The second kappa shape index (κ2) is 6.38. The van der Waals surface area contributed by atoms with Crippen molar-refractivity contribution < 1.29 is 8.78 Å². The van der Waals surface area contributed by atoms with Crippen molar-refractivity contribution >= 4 is 5.65 Å². The van der Waals surface area contributed by atoms with Gasteiger partial charge in [0.2, 0.25) is 0 Å². The highest BCUT2D eigenvalue weighted by molar-refractivity contribution is 5.82. The summed E-state index contributed by atoms with van der Waals surface area (Å²) in [7, 11) is 0. The van der Waals surface area contributed by atoms with E-state index in [1.54, 1.807) is 24.3 Å². The molecule has 4 aromatic rings. The van der Waals surface area contributed by atoms with E-state index in [1.165, 1.54) is 22.7 Å². The van der Waals surface area contributed by atoms with Crippen LogP contribution in [0.1, 0.15) is 30.0 Å². The Kier molecular flexibility index (Phi) is 3.81. The van der Waals surface area contributed by atoms with Gasteiger partial charge in [0.25, 0.3) is 5.56 Å². The number of benzene rings is 2. The molecule has 0 saturated heterocycles. The van der Waals surface area contributed by atoms with E-state index in [9.17, 15) is 13.6 Å². The van der Waals surface area contributed by atoms with Crippen LogP contribution in [0.3, 0.4) is 0 Å². The molecule has 1 aliphatic rings. The summed E-state index contributed by atoms with van der Waals surface area (Å²) in [6.07, 6.45) is 1.86. The van der Waals surface area contributed by atoms with Gasteiger partial charge in [0.1, 0.15) is 11.6 Å². The lowest BCUT2D eigenvalue weighted by molar-refractivity contribution is 0.585. The van der Waals surface area contributed by atoms with Gasteiger partial charge in [0.15, 0.2) is 5.65 Å². The average molecular weight is 388 g/mol. The lowest BCUT2D eigenvalue weighted by Gasteiger charge is -2.06. The molecule has 2 aromatic carbocycles. The zero-order chi connectivity index (χ0) is 20.1. The van der Waals surface area contributed by atoms with E-state index in [-0.39, 0.29) is 17.0 Å². The largest absolute Gasteiger partial charge is 0.293 e. The second-order valence-electron chi connectivity index (χ2n) is 7.13. The molecule has 1 fully saturated rings. The summed E-state index contributed by atoms with van der Waals surface area (Å²) in [5.41, 5.74) is 2.98. The van der Waals surface area contributed by atoms with Crippen LogP contribution in [-0.4, -0.2) is 14.6 Å². The molecule has 0 atom stereocenters. The van der Waals surface area contributed by atoms with Gasteiger partial charge in [-0.05, 0) is 37.1 Å². The zero-order valence-electron chi connectivity index (χ0n) is 15.1. The third-order valence-corrected chi connectivity index (χ3v) is 5.14. The Balaban J connectivity index is 1.78. The van der Waals surface area contributed by atoms with E-state index < -0.39 is 11.6 Å². The van der Waals surface area contributed by atoms with E-state index in [0.29, 0.717) is 28.0 Å². The number of nitrogens with zero attached hydrogens (tertiary/aromatic N) is 3. The van der Waals surface area contributed by atoms with Gasteiger partial charge in [-0.3, -0.25) is 9.89 Å². The SMILES string of the molecule is N#Cc1ccc(-c2cc(=O)n3[nH]c(C4CC4)c(-c4ccc(F)cc4F)c3n2)cc1. The highest BCUT2D eigenvalue weighted by Crippen LogP contribution is 2.45. The van der Waals surface area contributed by atoms with E-state index in [0.717, 1.165) is 24.6 Å². The quantitative estimate of drug-likeness (QED) is 0.566. The van der Waals surface area contributed by atoms with Crippen molar-refractivity contribution in [3.63, 3.8) is 0 Å². The molecule has 7 heteroatoms. The van der Waals surface area contributed by atoms with Gasteiger partial charge in [-0.25, -0.2) is 18.3 Å². The summed E-state index contributed by atoms with van der Waals surface area (Å²) >= 11 is 0. The van der Waals surface area contributed by atoms with Gasteiger partial charge in [-0.2, -0.15) is 5.26 Å². The van der Waals surface area contributed by atoms with E-state index >= 15 is 0 Å². The van der Waals surface area contributed by atoms with Gasteiger partial charge in [-0.15, -0.1) is 0 Å². The summed E-state index contributed by atoms with van der Waals surface area (Å²) in [5.74, 6) is -1.18. The third kappa shape index (κ3) is 2.90. The first kappa shape index (κ1) is 17.3. The van der Waals surface area contributed by atoms with Gasteiger partial charge in [0, 0.05) is 34.9 Å². The molecule has 5 nitrogen and oxygen atoms in total. The fourth-order valence-corrected chi connectivity index (χ4v) is 3.54. The van der Waals surface area contributed by atoms with Crippen LogP contribution >= 0.6 is 0 Å². The van der Waals surface area contributed by atoms with Crippen LogP contribution in [0.5, 0.6) is 0 Å². The number of nitrogens with one attached hydrogen (secondary N) is 1. The number of nitriles is 1. The molecule has 1 aliphatic carbocycles. The van der Waals surface area contributed by atoms with Crippen LogP contribution in [-0.2, 0) is 0 Å². The molecule has 5 rings (SSSR count). The van der Waals surface area contributed by atoms with Crippen molar-refractivity contribution in [2.75, 3.05) is 0 Å². The molecule has 0 radical (unpaired) electrons. The zero-order valence-corrected chi connectivity index (χ0v) is 15.1. The van der Waals surface area contributed by atoms with Crippen LogP contribution in [0.15, 0.2) is 53.3 Å². The molecule has 2 heterocycles. The first-order chi connectivity index (χ1) is 14.0. The first-order valence-corrected chi connectivity index (χ1v) is 9.17. The molecule has 29 heavy (non-hydrogen) atoms. The number of fused-ring (bicyclic) bond motifs is 1. The van der Waals surface area contributed by atoms with Gasteiger partial charge < -0.3 is 0 Å². The average Bonchev–Trinajstić information content (AvgIpc) is 3.49. The lowest BCUT2D eigenvalue weighted by atomic mass is 10.0. The number of hydrogen-bond acceptors (Lipinski definition) is 3. The van der Waals surface area contributed by atoms with Crippen molar-refractivity contribution in [2.45, 2.75) is 18.8 Å². The Morgan fingerprint density at radius 2 is 1.86 bits per heavy atom. The monoisotopic (exact) mass is 388 g/mol. The topological polar surface area (TPSA) is 73.9 Å². The highest BCUT2D eigenvalue weighted by atomic mass is 19.1. The van der Waals surface area contributed by atoms with Crippen molar-refractivity contribution in [2.24, 2.45) is 0 Å². The van der Waals surface area contributed by atoms with Crippen molar-refractivity contribution in [1.29, 1.82) is 5.26 Å². The van der Waals surface area contributed by atoms with Crippen LogP contribution in [0.25, 0.3) is 28.0 Å². The first-order valence-electron chi connectivity index (χ1n) is 9.17. The smallest absolute Gasteiger partial charge is 0.273 e. The maximum atomic E-state index is 14.6. The summed E-state index contributed by atoms with van der Waals surface area (Å²) in [6, 6.07) is 13.6. The Hall–Kier alpha value is -3.79. The fourth-order valence-electron chi connectivity index (χ4n) is 3.54. The minimum absolute atomic E-state index is 0.189. The predicted molar refractivity (Wildman–Crippen MR) is 103 cm³/mol. The molecular weight excluding hydrogens is 374 g/mol. The van der Waals surface area contributed by atoms with Crippen molar-refractivity contribution in [3.05, 3.63) is 81.8 Å². The summed E-state index contributed by atoms with van der Waals surface area (Å²) in [4.78, 5) is 17.4. The second-order valence-corrected chi connectivity index (χ2v) is 7.13. The van der Waals surface area contributed by atoms with Crippen LogP contribution in [0.4, 0.5) is 8.78 Å². The number of hydrogen-bond donors (Lipinski definition) is 1. The minimum atomic E-state index is -0.702. The number of aromatic nitrogens is 3. The standard InChI is InChI=1S/C22H14F2N4O/c23-15-7-8-16(17(24)9-15)20-21(14-5-6-14)27-28-19(29)10-18(26-22(20)28)13-3-1-12(11-25)2-4-13/h1-4,7-10,14,27H,5-6H2. The Bertz CT molecular complexity index is 1360. The van der Waals surface area contributed by atoms with Gasteiger partial charge in [0.05, 0.1) is 22.9 Å².